The molecule has 15 heavy (non-hydrogen) atoms. The number of aliphatic hydroxyl groups excluding tert-OH is 1. The molecule has 0 spiro atoms. The largest absolute Gasteiger partial charge is 0.392 e. The Morgan fingerprint density at radius 1 is 1.40 bits per heavy atom. The van der Waals surface area contributed by atoms with Crippen LogP contribution in [0.1, 0.15) is 12.5 Å². The van der Waals surface area contributed by atoms with Crippen molar-refractivity contribution in [3.63, 3.8) is 0 Å². The van der Waals surface area contributed by atoms with Gasteiger partial charge >= 0.3 is 0 Å². The summed E-state index contributed by atoms with van der Waals surface area (Å²) in [6, 6.07) is 10.1. The van der Waals surface area contributed by atoms with E-state index in [1.807, 2.05) is 18.2 Å². The molecule has 1 N–H and O–H groups in total. The summed E-state index contributed by atoms with van der Waals surface area (Å²) in [5.74, 6) is 2.61. The van der Waals surface area contributed by atoms with Crippen LogP contribution in [0.4, 0.5) is 0 Å². The first kappa shape index (κ1) is 11.8. The predicted molar refractivity (Wildman–Crippen MR) is 62.2 cm³/mol. The third-order valence-electron chi connectivity index (χ3n) is 2.09. The van der Waals surface area contributed by atoms with E-state index in [0.29, 0.717) is 13.1 Å². The fraction of sp³-hybridized carbons (Fsp3) is 0.385. The lowest BCUT2D eigenvalue weighted by Crippen LogP contribution is -2.30. The molecule has 0 aliphatic carbocycles. The van der Waals surface area contributed by atoms with Crippen LogP contribution in [0.3, 0.4) is 0 Å². The molecule has 0 aromatic heterocycles. The van der Waals surface area contributed by atoms with Gasteiger partial charge in [0.1, 0.15) is 0 Å². The molecule has 2 heteroatoms. The SMILES string of the molecule is C#CCN(Cc1ccccc1)C[C@H](C)O. The second-order valence-electron chi connectivity index (χ2n) is 3.71. The van der Waals surface area contributed by atoms with Gasteiger partial charge in [0.2, 0.25) is 0 Å². The molecule has 1 rings (SSSR count). The molecular weight excluding hydrogens is 186 g/mol. The first-order valence-electron chi connectivity index (χ1n) is 5.10. The third-order valence-corrected chi connectivity index (χ3v) is 2.09. The van der Waals surface area contributed by atoms with E-state index in [2.05, 4.69) is 23.0 Å². The van der Waals surface area contributed by atoms with Crippen LogP contribution in [-0.2, 0) is 6.54 Å². The van der Waals surface area contributed by atoms with Crippen LogP contribution < -0.4 is 0 Å². The van der Waals surface area contributed by atoms with Crippen molar-refractivity contribution >= 4 is 0 Å². The van der Waals surface area contributed by atoms with E-state index in [1.54, 1.807) is 6.92 Å². The molecule has 0 amide bonds. The van der Waals surface area contributed by atoms with Crippen molar-refractivity contribution < 1.29 is 5.11 Å². The summed E-state index contributed by atoms with van der Waals surface area (Å²) in [4.78, 5) is 2.06. The van der Waals surface area contributed by atoms with Gasteiger partial charge in [0.25, 0.3) is 0 Å². The van der Waals surface area contributed by atoms with Gasteiger partial charge in [0.15, 0.2) is 0 Å². The Morgan fingerprint density at radius 2 is 2.07 bits per heavy atom. The number of benzene rings is 1. The predicted octanol–water partition coefficient (Wildman–Crippen LogP) is 1.50. The first-order valence-corrected chi connectivity index (χ1v) is 5.10. The van der Waals surface area contributed by atoms with Gasteiger partial charge in [-0.3, -0.25) is 4.90 Å². The summed E-state index contributed by atoms with van der Waals surface area (Å²) in [5, 5.41) is 9.32. The molecule has 80 valence electrons. The zero-order valence-corrected chi connectivity index (χ0v) is 9.06. The summed E-state index contributed by atoms with van der Waals surface area (Å²) in [6.07, 6.45) is 4.94. The zero-order valence-electron chi connectivity index (χ0n) is 9.06. The molecule has 0 aliphatic heterocycles. The molecule has 0 heterocycles. The normalized spacial score (nSPS) is 12.4. The molecule has 1 aromatic carbocycles. The van der Waals surface area contributed by atoms with Crippen molar-refractivity contribution in [3.05, 3.63) is 35.9 Å². The molecule has 0 radical (unpaired) electrons. The van der Waals surface area contributed by atoms with E-state index in [1.165, 1.54) is 5.56 Å². The molecule has 0 bridgehead atoms. The van der Waals surface area contributed by atoms with Crippen LogP contribution in [0, 0.1) is 12.3 Å². The van der Waals surface area contributed by atoms with Crippen molar-refractivity contribution in [1.29, 1.82) is 0 Å². The van der Waals surface area contributed by atoms with Crippen LogP contribution in [0.5, 0.6) is 0 Å². The number of aliphatic hydroxyl groups is 1. The lowest BCUT2D eigenvalue weighted by Gasteiger charge is -2.21. The number of hydrogen-bond donors (Lipinski definition) is 1. The maximum absolute atomic E-state index is 9.32. The van der Waals surface area contributed by atoms with Crippen LogP contribution in [0.15, 0.2) is 30.3 Å². The van der Waals surface area contributed by atoms with Crippen LogP contribution in [0.2, 0.25) is 0 Å². The standard InChI is InChI=1S/C13H17NO/c1-3-9-14(10-12(2)15)11-13-7-5-4-6-8-13/h1,4-8,12,15H,9-11H2,2H3/t12-/m0/s1. The van der Waals surface area contributed by atoms with Gasteiger partial charge in [-0.25, -0.2) is 0 Å². The highest BCUT2D eigenvalue weighted by atomic mass is 16.3. The van der Waals surface area contributed by atoms with Gasteiger partial charge < -0.3 is 5.11 Å². The average molecular weight is 203 g/mol. The van der Waals surface area contributed by atoms with Crippen molar-refractivity contribution in [2.24, 2.45) is 0 Å². The average Bonchev–Trinajstić information content (AvgIpc) is 2.18. The monoisotopic (exact) mass is 203 g/mol. The van der Waals surface area contributed by atoms with Gasteiger partial charge in [0.05, 0.1) is 12.6 Å². The van der Waals surface area contributed by atoms with E-state index in [9.17, 15) is 5.11 Å². The van der Waals surface area contributed by atoms with Crippen LogP contribution in [-0.4, -0.2) is 29.2 Å². The molecule has 0 saturated heterocycles. The molecular formula is C13H17NO. The highest BCUT2D eigenvalue weighted by Gasteiger charge is 2.07. The molecule has 1 aromatic rings. The molecule has 1 atom stereocenters. The Bertz CT molecular complexity index is 313. The molecule has 0 fully saturated rings. The Balaban J connectivity index is 2.55. The van der Waals surface area contributed by atoms with E-state index in [0.717, 1.165) is 6.54 Å². The lowest BCUT2D eigenvalue weighted by molar-refractivity contribution is 0.131. The molecule has 2 nitrogen and oxygen atoms in total. The lowest BCUT2D eigenvalue weighted by atomic mass is 10.2. The quantitative estimate of drug-likeness (QED) is 0.733. The number of nitrogens with zero attached hydrogens (tertiary/aromatic N) is 1. The summed E-state index contributed by atoms with van der Waals surface area (Å²) in [5.41, 5.74) is 1.22. The first-order chi connectivity index (χ1) is 7.22. The third kappa shape index (κ3) is 4.64. The fourth-order valence-corrected chi connectivity index (χ4v) is 1.53. The van der Waals surface area contributed by atoms with E-state index >= 15 is 0 Å². The number of hydrogen-bond acceptors (Lipinski definition) is 2. The van der Waals surface area contributed by atoms with Crippen molar-refractivity contribution in [1.82, 2.24) is 4.90 Å². The Morgan fingerprint density at radius 3 is 2.60 bits per heavy atom. The van der Waals surface area contributed by atoms with E-state index in [4.69, 9.17) is 6.42 Å². The summed E-state index contributed by atoms with van der Waals surface area (Å²) in [6.45, 7) is 3.74. The van der Waals surface area contributed by atoms with Crippen molar-refractivity contribution in [2.45, 2.75) is 19.6 Å². The zero-order chi connectivity index (χ0) is 11.1. The molecule has 0 aliphatic rings. The van der Waals surface area contributed by atoms with Gasteiger partial charge in [-0.2, -0.15) is 0 Å². The van der Waals surface area contributed by atoms with E-state index < -0.39 is 0 Å². The summed E-state index contributed by atoms with van der Waals surface area (Å²) >= 11 is 0. The van der Waals surface area contributed by atoms with Gasteiger partial charge in [-0.15, -0.1) is 6.42 Å². The second kappa shape index (κ2) is 6.23. The van der Waals surface area contributed by atoms with E-state index in [-0.39, 0.29) is 6.10 Å². The Hall–Kier alpha value is -1.30. The minimum absolute atomic E-state index is 0.345. The highest BCUT2D eigenvalue weighted by Crippen LogP contribution is 2.04. The van der Waals surface area contributed by atoms with Gasteiger partial charge in [-0.05, 0) is 12.5 Å². The number of terminal acetylenes is 1. The number of rotatable bonds is 5. The minimum atomic E-state index is -0.345. The second-order valence-corrected chi connectivity index (χ2v) is 3.71. The summed E-state index contributed by atoms with van der Waals surface area (Å²) in [7, 11) is 0. The fourth-order valence-electron chi connectivity index (χ4n) is 1.53. The topological polar surface area (TPSA) is 23.5 Å². The highest BCUT2D eigenvalue weighted by molar-refractivity contribution is 5.14. The molecule has 0 unspecified atom stereocenters. The Labute approximate surface area is 91.5 Å². The maximum Gasteiger partial charge on any atom is 0.0639 e. The van der Waals surface area contributed by atoms with Crippen molar-refractivity contribution in [2.75, 3.05) is 13.1 Å². The van der Waals surface area contributed by atoms with Crippen molar-refractivity contribution in [3.8, 4) is 12.3 Å². The van der Waals surface area contributed by atoms with Gasteiger partial charge in [-0.1, -0.05) is 36.3 Å². The minimum Gasteiger partial charge on any atom is -0.392 e. The Kier molecular flexibility index (Phi) is 4.89. The molecule has 0 saturated carbocycles. The van der Waals surface area contributed by atoms with Gasteiger partial charge in [0, 0.05) is 13.1 Å². The van der Waals surface area contributed by atoms with Crippen LogP contribution in [0.25, 0.3) is 0 Å². The maximum atomic E-state index is 9.32. The van der Waals surface area contributed by atoms with Crippen LogP contribution >= 0.6 is 0 Å². The summed E-state index contributed by atoms with van der Waals surface area (Å²) < 4.78 is 0. The smallest absolute Gasteiger partial charge is 0.0639 e.